The van der Waals surface area contributed by atoms with Crippen LogP contribution in [0.3, 0.4) is 0 Å². The molecule has 1 aliphatic heterocycles. The van der Waals surface area contributed by atoms with Gasteiger partial charge in [-0.15, -0.1) is 0 Å². The molecular weight excluding hydrogens is 469 g/mol. The summed E-state index contributed by atoms with van der Waals surface area (Å²) < 4.78 is 12.2. The van der Waals surface area contributed by atoms with E-state index in [1.54, 1.807) is 13.3 Å². The van der Waals surface area contributed by atoms with Crippen molar-refractivity contribution in [3.8, 4) is 27.9 Å². The predicted molar refractivity (Wildman–Crippen MR) is 101 cm³/mol. The molecule has 2 radical (unpaired) electrons. The van der Waals surface area contributed by atoms with Crippen LogP contribution in [0.5, 0.6) is 0 Å². The summed E-state index contributed by atoms with van der Waals surface area (Å²) in [6, 6.07) is 9.62. The summed E-state index contributed by atoms with van der Waals surface area (Å²) in [4.78, 5) is 25.4. The summed E-state index contributed by atoms with van der Waals surface area (Å²) in [5.41, 5.74) is 3.77. The minimum atomic E-state index is -1.07. The third kappa shape index (κ3) is 3.35. The maximum absolute atomic E-state index is 12.3. The number of hydrogen-bond donors (Lipinski definition) is 0. The van der Waals surface area contributed by atoms with Crippen molar-refractivity contribution < 1.29 is 9.53 Å². The van der Waals surface area contributed by atoms with Crippen molar-refractivity contribution >= 4 is 47.9 Å². The number of fused-ring (bicyclic) bond motifs is 1. The van der Waals surface area contributed by atoms with Crippen LogP contribution in [0, 0.1) is 11.3 Å². The molecule has 7 nitrogen and oxygen atoms in total. The Morgan fingerprint density at radius 3 is 2.96 bits per heavy atom. The number of carbonyl (C=O) groups excluding carboxylic acids is 1. The standard InChI is InChI=1S/C18H11N5O2S.Sn/c1-3-25-18(24)11(2)14-9-20-10-21-16(14)12-5-4-6-13(7-12)17-22-15(8-19)23-26-17;/h2,4-7,10H,3H2,1H3;. The van der Waals surface area contributed by atoms with Crippen LogP contribution < -0.4 is 3.71 Å². The van der Waals surface area contributed by atoms with E-state index < -0.39 is 21.1 Å². The van der Waals surface area contributed by atoms with Crippen molar-refractivity contribution in [1.29, 1.82) is 5.26 Å². The van der Waals surface area contributed by atoms with Crippen molar-refractivity contribution in [3.05, 3.63) is 46.1 Å². The Morgan fingerprint density at radius 2 is 2.19 bits per heavy atom. The third-order valence-corrected chi connectivity index (χ3v) is 7.74. The topological polar surface area (TPSA) is 102 Å². The van der Waals surface area contributed by atoms with Crippen LogP contribution >= 0.6 is 11.5 Å². The Bertz CT molecular complexity index is 1120. The fraction of sp³-hybridized carbons (Fsp3) is 0.111. The van der Waals surface area contributed by atoms with E-state index in [4.69, 9.17) is 10.00 Å². The van der Waals surface area contributed by atoms with Gasteiger partial charge in [0.1, 0.15) is 0 Å². The van der Waals surface area contributed by atoms with E-state index in [2.05, 4.69) is 19.3 Å². The summed E-state index contributed by atoms with van der Waals surface area (Å²) in [7, 11) is 0. The maximum atomic E-state index is 12.3. The van der Waals surface area contributed by atoms with Crippen LogP contribution in [0.15, 0.2) is 34.7 Å². The number of rotatable bonds is 4. The summed E-state index contributed by atoms with van der Waals surface area (Å²) in [6.45, 7) is 2.12. The number of nitriles is 1. The normalized spacial score (nSPS) is 12.2. The number of hydrogen-bond acceptors (Lipinski definition) is 8. The molecule has 0 unspecified atom stereocenters. The molecule has 3 aromatic rings. The van der Waals surface area contributed by atoms with Gasteiger partial charge in [0.05, 0.1) is 0 Å². The van der Waals surface area contributed by atoms with E-state index >= 15 is 0 Å². The fourth-order valence-corrected chi connectivity index (χ4v) is 6.41. The number of nitrogens with zero attached hydrogens (tertiary/aromatic N) is 5. The molecule has 2 aromatic heterocycles. The molecule has 0 aliphatic carbocycles. The molecular formula is C18H11N5O2SSn. The van der Waals surface area contributed by atoms with Crippen molar-refractivity contribution in [1.82, 2.24) is 19.3 Å². The average molecular weight is 480 g/mol. The zero-order chi connectivity index (χ0) is 18.8. The van der Waals surface area contributed by atoms with Gasteiger partial charge in [-0.25, -0.2) is 0 Å². The van der Waals surface area contributed by atoms with E-state index in [9.17, 15) is 4.79 Å². The van der Waals surface area contributed by atoms with Crippen LogP contribution in [0.2, 0.25) is 0 Å². The van der Waals surface area contributed by atoms with Crippen molar-refractivity contribution in [2.24, 2.45) is 0 Å². The van der Waals surface area contributed by atoms with E-state index in [0.29, 0.717) is 22.9 Å². The molecule has 0 spiro atoms. The van der Waals surface area contributed by atoms with Gasteiger partial charge in [-0.2, -0.15) is 0 Å². The third-order valence-electron chi connectivity index (χ3n) is 3.87. The Morgan fingerprint density at radius 1 is 1.33 bits per heavy atom. The van der Waals surface area contributed by atoms with Gasteiger partial charge >= 0.3 is 170 Å². The number of carbonyl (C=O) groups is 1. The second-order valence-electron chi connectivity index (χ2n) is 5.48. The van der Waals surface area contributed by atoms with Gasteiger partial charge in [-0.05, 0) is 0 Å². The number of benzene rings is 1. The first-order valence-electron chi connectivity index (χ1n) is 8.05. The summed E-state index contributed by atoms with van der Waals surface area (Å²) in [5, 5.41) is 9.59. The quantitative estimate of drug-likeness (QED) is 0.415. The molecule has 0 amide bonds. The summed E-state index contributed by atoms with van der Waals surface area (Å²) in [5.74, 6) is -0.171. The molecule has 27 heavy (non-hydrogen) atoms. The van der Waals surface area contributed by atoms with E-state index in [0.717, 1.165) is 20.4 Å². The molecule has 0 saturated heterocycles. The van der Waals surface area contributed by atoms with Gasteiger partial charge in [0.25, 0.3) is 0 Å². The zero-order valence-corrected chi connectivity index (χ0v) is 17.8. The summed E-state index contributed by atoms with van der Waals surface area (Å²) in [6.07, 6.45) is 1.54. The monoisotopic (exact) mass is 481 g/mol. The Balaban J connectivity index is 1.79. The van der Waals surface area contributed by atoms with Crippen LogP contribution in [-0.4, -0.2) is 53.0 Å². The number of aromatic nitrogens is 4. The van der Waals surface area contributed by atoms with Crippen LogP contribution in [0.4, 0.5) is 0 Å². The molecule has 1 aromatic carbocycles. The number of ether oxygens (including phenoxy) is 1. The molecule has 130 valence electrons. The number of esters is 1. The summed E-state index contributed by atoms with van der Waals surface area (Å²) >= 11 is 0.102. The Hall–Kier alpha value is -2.64. The SMILES string of the molecule is CCOC(=O)C1=[CH][Sn][c]2ncnc(-c3cccc(-c4nc(C#N)ns4)c3)c21. The molecule has 0 bridgehead atoms. The fourth-order valence-electron chi connectivity index (χ4n) is 2.74. The van der Waals surface area contributed by atoms with Gasteiger partial charge in [0.15, 0.2) is 0 Å². The molecule has 0 atom stereocenters. The first-order chi connectivity index (χ1) is 13.2. The first-order valence-corrected chi connectivity index (χ1v) is 11.9. The average Bonchev–Trinajstić information content (AvgIpc) is 3.35. The van der Waals surface area contributed by atoms with E-state index in [1.165, 1.54) is 11.5 Å². The van der Waals surface area contributed by atoms with Gasteiger partial charge in [-0.3, -0.25) is 0 Å². The van der Waals surface area contributed by atoms with Crippen LogP contribution in [0.1, 0.15) is 18.3 Å². The van der Waals surface area contributed by atoms with Gasteiger partial charge < -0.3 is 0 Å². The van der Waals surface area contributed by atoms with Crippen molar-refractivity contribution in [2.45, 2.75) is 6.92 Å². The second-order valence-corrected chi connectivity index (χ2v) is 9.24. The Labute approximate surface area is 169 Å². The minimum absolute atomic E-state index is 0.156. The molecule has 0 fully saturated rings. The molecule has 0 N–H and O–H groups in total. The second kappa shape index (κ2) is 7.54. The van der Waals surface area contributed by atoms with Crippen molar-refractivity contribution in [2.75, 3.05) is 6.61 Å². The van der Waals surface area contributed by atoms with E-state index in [1.807, 2.05) is 34.4 Å². The molecule has 1 aliphatic rings. The van der Waals surface area contributed by atoms with Gasteiger partial charge in [0.2, 0.25) is 0 Å². The molecule has 0 saturated carbocycles. The first kappa shape index (κ1) is 17.8. The Kier molecular flexibility index (Phi) is 4.96. The van der Waals surface area contributed by atoms with Gasteiger partial charge in [0, 0.05) is 0 Å². The van der Waals surface area contributed by atoms with Crippen molar-refractivity contribution in [3.63, 3.8) is 0 Å². The van der Waals surface area contributed by atoms with E-state index in [-0.39, 0.29) is 11.8 Å². The zero-order valence-electron chi connectivity index (χ0n) is 14.1. The van der Waals surface area contributed by atoms with Crippen LogP contribution in [0.25, 0.3) is 27.4 Å². The molecule has 3 heterocycles. The van der Waals surface area contributed by atoms with Crippen LogP contribution in [-0.2, 0) is 9.53 Å². The molecule has 4 rings (SSSR count). The van der Waals surface area contributed by atoms with Gasteiger partial charge in [-0.1, -0.05) is 0 Å². The predicted octanol–water partition coefficient (Wildman–Crippen LogP) is 1.78. The molecule has 9 heteroatoms.